The molecule has 4 nitrogen and oxygen atoms in total. The van der Waals surface area contributed by atoms with E-state index in [-0.39, 0.29) is 11.4 Å². The number of carboxylic acid groups (broad SMARTS) is 1. The predicted molar refractivity (Wildman–Crippen MR) is 130 cm³/mol. The molecule has 0 amide bonds. The largest absolute Gasteiger partial charge is 0.478 e. The first-order valence-corrected chi connectivity index (χ1v) is 11.3. The second-order valence-electron chi connectivity index (χ2n) is 8.40. The maximum absolute atomic E-state index is 13.6. The summed E-state index contributed by atoms with van der Waals surface area (Å²) in [7, 11) is 0. The molecule has 0 aliphatic carbocycles. The number of benzene rings is 3. The first-order chi connectivity index (χ1) is 16.0. The summed E-state index contributed by atoms with van der Waals surface area (Å²) in [5.74, 6) is -0.00789. The summed E-state index contributed by atoms with van der Waals surface area (Å²) in [6.45, 7) is 1.66. The van der Waals surface area contributed by atoms with Gasteiger partial charge in [-0.15, -0.1) is 0 Å². The molecule has 1 aliphatic rings. The summed E-state index contributed by atoms with van der Waals surface area (Å²) in [6, 6.07) is 21.3. The van der Waals surface area contributed by atoms with Crippen LogP contribution in [0, 0.1) is 5.82 Å². The molecule has 0 unspecified atom stereocenters. The molecule has 0 saturated carbocycles. The van der Waals surface area contributed by atoms with Crippen molar-refractivity contribution in [3.05, 3.63) is 94.8 Å². The highest BCUT2D eigenvalue weighted by Gasteiger charge is 2.24. The second-order valence-corrected chi connectivity index (χ2v) is 8.83. The highest BCUT2D eigenvalue weighted by molar-refractivity contribution is 6.30. The minimum Gasteiger partial charge on any atom is -0.478 e. The minimum atomic E-state index is -0.979. The molecule has 0 bridgehead atoms. The molecular weight excluding hydrogens is 439 g/mol. The zero-order chi connectivity index (χ0) is 22.9. The average molecular weight is 461 g/mol. The molecule has 1 saturated heterocycles. The van der Waals surface area contributed by atoms with Crippen LogP contribution in [0.3, 0.4) is 0 Å². The Labute approximate surface area is 196 Å². The zero-order valence-corrected chi connectivity index (χ0v) is 18.6. The number of halogens is 2. The van der Waals surface area contributed by atoms with Crippen molar-refractivity contribution in [1.29, 1.82) is 0 Å². The highest BCUT2D eigenvalue weighted by Crippen LogP contribution is 2.37. The number of carboxylic acids is 1. The van der Waals surface area contributed by atoms with E-state index in [1.54, 1.807) is 30.3 Å². The van der Waals surface area contributed by atoms with Crippen LogP contribution in [0.2, 0.25) is 5.02 Å². The standard InChI is InChI=1S/C27H22ClFN2O2/c28-22-3-1-2-19(15-22)17-10-12-31(13-11-17)26-24(18-4-7-23(29)8-5-18)16-21-14-20(27(32)33)6-9-25(21)30-26/h1-9,14-17H,10-13H2,(H,32,33). The van der Waals surface area contributed by atoms with E-state index < -0.39 is 5.97 Å². The molecule has 3 aromatic carbocycles. The van der Waals surface area contributed by atoms with Crippen LogP contribution in [0.4, 0.5) is 10.2 Å². The average Bonchev–Trinajstić information content (AvgIpc) is 2.83. The number of piperidine rings is 1. The smallest absolute Gasteiger partial charge is 0.335 e. The van der Waals surface area contributed by atoms with Crippen molar-refractivity contribution in [2.24, 2.45) is 0 Å². The number of aromatic nitrogens is 1. The maximum Gasteiger partial charge on any atom is 0.335 e. The fourth-order valence-electron chi connectivity index (χ4n) is 4.57. The molecule has 2 heterocycles. The monoisotopic (exact) mass is 460 g/mol. The van der Waals surface area contributed by atoms with Crippen molar-refractivity contribution in [2.45, 2.75) is 18.8 Å². The fourth-order valence-corrected chi connectivity index (χ4v) is 4.77. The first-order valence-electron chi connectivity index (χ1n) is 10.9. The number of pyridine rings is 1. The van der Waals surface area contributed by atoms with Gasteiger partial charge in [-0.2, -0.15) is 0 Å². The van der Waals surface area contributed by atoms with Gasteiger partial charge in [0, 0.05) is 29.1 Å². The van der Waals surface area contributed by atoms with Crippen LogP contribution in [-0.2, 0) is 0 Å². The van der Waals surface area contributed by atoms with Crippen molar-refractivity contribution >= 4 is 34.3 Å². The van der Waals surface area contributed by atoms with Gasteiger partial charge in [0.25, 0.3) is 0 Å². The Morgan fingerprint density at radius 1 is 1.00 bits per heavy atom. The van der Waals surface area contributed by atoms with E-state index in [4.69, 9.17) is 16.6 Å². The Morgan fingerprint density at radius 2 is 1.76 bits per heavy atom. The van der Waals surface area contributed by atoms with Gasteiger partial charge in [-0.25, -0.2) is 14.2 Å². The van der Waals surface area contributed by atoms with Gasteiger partial charge in [0.05, 0.1) is 11.1 Å². The van der Waals surface area contributed by atoms with Crippen molar-refractivity contribution in [2.75, 3.05) is 18.0 Å². The predicted octanol–water partition coefficient (Wildman–Crippen LogP) is 6.78. The molecule has 1 aromatic heterocycles. The first kappa shape index (κ1) is 21.4. The minimum absolute atomic E-state index is 0.212. The number of hydrogen-bond acceptors (Lipinski definition) is 3. The molecule has 166 valence electrons. The fraction of sp³-hybridized carbons (Fsp3) is 0.185. The van der Waals surface area contributed by atoms with E-state index in [2.05, 4.69) is 11.0 Å². The molecule has 1 N–H and O–H groups in total. The summed E-state index contributed by atoms with van der Waals surface area (Å²) in [6.07, 6.45) is 1.95. The molecule has 6 heteroatoms. The Bertz CT molecular complexity index is 1330. The maximum atomic E-state index is 13.6. The Balaban J connectivity index is 1.52. The topological polar surface area (TPSA) is 53.4 Å². The van der Waals surface area contributed by atoms with E-state index in [0.29, 0.717) is 5.92 Å². The number of fused-ring (bicyclic) bond motifs is 1. The summed E-state index contributed by atoms with van der Waals surface area (Å²) in [5, 5.41) is 10.9. The second kappa shape index (κ2) is 8.83. The van der Waals surface area contributed by atoms with Crippen molar-refractivity contribution < 1.29 is 14.3 Å². The van der Waals surface area contributed by atoms with E-state index in [1.807, 2.05) is 24.3 Å². The van der Waals surface area contributed by atoms with Crippen molar-refractivity contribution in [3.63, 3.8) is 0 Å². The quantitative estimate of drug-likeness (QED) is 0.365. The molecule has 4 aromatic rings. The van der Waals surface area contributed by atoms with E-state index in [9.17, 15) is 14.3 Å². The van der Waals surface area contributed by atoms with Crippen molar-refractivity contribution in [3.8, 4) is 11.1 Å². The summed E-state index contributed by atoms with van der Waals surface area (Å²) < 4.78 is 13.6. The Hall–Kier alpha value is -3.44. The van der Waals surface area contributed by atoms with Gasteiger partial charge in [-0.05, 0) is 78.4 Å². The molecule has 1 fully saturated rings. The van der Waals surface area contributed by atoms with Gasteiger partial charge < -0.3 is 10.0 Å². The number of nitrogens with zero attached hydrogens (tertiary/aromatic N) is 2. The van der Waals surface area contributed by atoms with Crippen LogP contribution < -0.4 is 4.90 Å². The molecule has 0 atom stereocenters. The number of aromatic carboxylic acids is 1. The lowest BCUT2D eigenvalue weighted by Gasteiger charge is -2.34. The van der Waals surface area contributed by atoms with Crippen LogP contribution in [0.5, 0.6) is 0 Å². The van der Waals surface area contributed by atoms with E-state index >= 15 is 0 Å². The molecule has 5 rings (SSSR count). The van der Waals surface area contributed by atoms with Crippen molar-refractivity contribution in [1.82, 2.24) is 4.98 Å². The molecule has 0 spiro atoms. The third-order valence-electron chi connectivity index (χ3n) is 6.31. The lowest BCUT2D eigenvalue weighted by atomic mass is 9.89. The van der Waals surface area contributed by atoms with Crippen LogP contribution >= 0.6 is 11.6 Å². The van der Waals surface area contributed by atoms with Gasteiger partial charge in [0.15, 0.2) is 0 Å². The molecule has 0 radical (unpaired) electrons. The Morgan fingerprint density at radius 3 is 2.45 bits per heavy atom. The Kier molecular flexibility index (Phi) is 5.73. The summed E-state index contributed by atoms with van der Waals surface area (Å²) in [5.41, 5.74) is 3.92. The van der Waals surface area contributed by atoms with Gasteiger partial charge in [0.1, 0.15) is 11.6 Å². The third kappa shape index (κ3) is 4.41. The van der Waals surface area contributed by atoms with Gasteiger partial charge >= 0.3 is 5.97 Å². The van der Waals surface area contributed by atoms with Gasteiger partial charge in [-0.1, -0.05) is 35.9 Å². The number of carbonyl (C=O) groups is 1. The molecule has 33 heavy (non-hydrogen) atoms. The van der Waals surface area contributed by atoms with Crippen LogP contribution in [0.25, 0.3) is 22.0 Å². The normalized spacial score (nSPS) is 14.5. The summed E-state index contributed by atoms with van der Waals surface area (Å²) >= 11 is 6.19. The van der Waals surface area contributed by atoms with Gasteiger partial charge in [0.2, 0.25) is 0 Å². The lowest BCUT2D eigenvalue weighted by molar-refractivity contribution is 0.0697. The molecule has 1 aliphatic heterocycles. The van der Waals surface area contributed by atoms with E-state index in [0.717, 1.165) is 58.8 Å². The third-order valence-corrected chi connectivity index (χ3v) is 6.55. The zero-order valence-electron chi connectivity index (χ0n) is 17.8. The highest BCUT2D eigenvalue weighted by atomic mass is 35.5. The van der Waals surface area contributed by atoms with Crippen LogP contribution in [0.15, 0.2) is 72.8 Å². The summed E-state index contributed by atoms with van der Waals surface area (Å²) in [4.78, 5) is 18.6. The van der Waals surface area contributed by atoms with Gasteiger partial charge in [-0.3, -0.25) is 0 Å². The van der Waals surface area contributed by atoms with Crippen LogP contribution in [-0.4, -0.2) is 29.1 Å². The van der Waals surface area contributed by atoms with Crippen LogP contribution in [0.1, 0.15) is 34.7 Å². The lowest BCUT2D eigenvalue weighted by Crippen LogP contribution is -2.34. The number of hydrogen-bond donors (Lipinski definition) is 1. The number of rotatable bonds is 4. The van der Waals surface area contributed by atoms with E-state index in [1.165, 1.54) is 17.7 Å². The SMILES string of the molecule is O=C(O)c1ccc2nc(N3CCC(c4cccc(Cl)c4)CC3)c(-c3ccc(F)cc3)cc2c1. The molecular formula is C27H22ClFN2O2. The number of anilines is 1.